The predicted octanol–water partition coefficient (Wildman–Crippen LogP) is 4.61. The van der Waals surface area contributed by atoms with Crippen molar-refractivity contribution in [2.75, 3.05) is 11.1 Å². The quantitative estimate of drug-likeness (QED) is 0.417. The molecular formula is C23H33ClN8. The summed E-state index contributed by atoms with van der Waals surface area (Å²) in [6.07, 6.45) is 4.27. The number of halogens is 1. The molecule has 1 aromatic carbocycles. The number of nitrogens with zero attached hydrogens (tertiary/aromatic N) is 4. The number of hydrogen-bond donors (Lipinski definition) is 4. The number of rotatable bonds is 5. The van der Waals surface area contributed by atoms with Crippen LogP contribution in [0.25, 0.3) is 11.0 Å². The van der Waals surface area contributed by atoms with Gasteiger partial charge < -0.3 is 21.4 Å². The number of fused-ring (bicyclic) bond motifs is 1. The third-order valence-corrected chi connectivity index (χ3v) is 6.22. The first-order valence-corrected chi connectivity index (χ1v) is 11.8. The average molecular weight is 457 g/mol. The number of nitrogens with two attached hydrogens (primary N) is 2. The van der Waals surface area contributed by atoms with Gasteiger partial charge in [0.15, 0.2) is 11.3 Å². The van der Waals surface area contributed by atoms with Gasteiger partial charge in [0.2, 0.25) is 5.62 Å². The van der Waals surface area contributed by atoms with Gasteiger partial charge in [-0.1, -0.05) is 38.3 Å². The summed E-state index contributed by atoms with van der Waals surface area (Å²) in [6.45, 7) is 8.58. The Morgan fingerprint density at radius 2 is 1.94 bits per heavy atom. The fraction of sp³-hybridized carbons (Fsp3) is 0.522. The lowest BCUT2D eigenvalue weighted by molar-refractivity contribution is 0.375. The SMILES string of the molecule is CC(C)c1[nH]nc2c(Nc3cc(N)cc(Cl)c3)nc(=NC3CCCCC3N)n(C(C)C)c12. The van der Waals surface area contributed by atoms with Crippen LogP contribution in [0.3, 0.4) is 0 Å². The van der Waals surface area contributed by atoms with Gasteiger partial charge in [-0.3, -0.25) is 5.10 Å². The molecule has 8 nitrogen and oxygen atoms in total. The Bertz CT molecular complexity index is 1160. The summed E-state index contributed by atoms with van der Waals surface area (Å²) < 4.78 is 2.17. The molecule has 6 N–H and O–H groups in total. The van der Waals surface area contributed by atoms with E-state index in [1.807, 2.05) is 12.1 Å². The lowest BCUT2D eigenvalue weighted by atomic mass is 9.91. The zero-order valence-corrected chi connectivity index (χ0v) is 19.9. The minimum absolute atomic E-state index is 0.0555. The molecule has 3 aromatic rings. The third kappa shape index (κ3) is 4.47. The number of anilines is 3. The first kappa shape index (κ1) is 22.6. The van der Waals surface area contributed by atoms with Crippen LogP contribution in [-0.4, -0.2) is 31.8 Å². The molecule has 0 radical (unpaired) electrons. The Balaban J connectivity index is 1.96. The number of aromatic amines is 1. The van der Waals surface area contributed by atoms with Crippen LogP contribution in [0.15, 0.2) is 23.2 Å². The van der Waals surface area contributed by atoms with Crippen molar-refractivity contribution in [3.8, 4) is 0 Å². The lowest BCUT2D eigenvalue weighted by Crippen LogP contribution is -2.39. The predicted molar refractivity (Wildman–Crippen MR) is 131 cm³/mol. The van der Waals surface area contributed by atoms with E-state index in [2.05, 4.69) is 47.8 Å². The second kappa shape index (κ2) is 9.11. The smallest absolute Gasteiger partial charge is 0.227 e. The lowest BCUT2D eigenvalue weighted by Gasteiger charge is -2.25. The highest BCUT2D eigenvalue weighted by Gasteiger charge is 2.24. The van der Waals surface area contributed by atoms with Gasteiger partial charge in [-0.05, 0) is 50.8 Å². The summed E-state index contributed by atoms with van der Waals surface area (Å²) in [5, 5.41) is 11.8. The summed E-state index contributed by atoms with van der Waals surface area (Å²) in [5.74, 6) is 0.872. The van der Waals surface area contributed by atoms with Crippen LogP contribution in [0.2, 0.25) is 5.02 Å². The average Bonchev–Trinajstić information content (AvgIpc) is 3.14. The Hall–Kier alpha value is -2.58. The van der Waals surface area contributed by atoms with Gasteiger partial charge in [0.05, 0.1) is 17.3 Å². The van der Waals surface area contributed by atoms with Gasteiger partial charge in [-0.25, -0.2) is 4.99 Å². The summed E-state index contributed by atoms with van der Waals surface area (Å²) in [4.78, 5) is 10.0. The van der Waals surface area contributed by atoms with Crippen LogP contribution < -0.4 is 22.4 Å². The van der Waals surface area contributed by atoms with E-state index in [4.69, 9.17) is 33.0 Å². The summed E-state index contributed by atoms with van der Waals surface area (Å²) in [5.41, 5.74) is 17.2. The number of H-pyrrole nitrogens is 1. The molecule has 0 amide bonds. The van der Waals surface area contributed by atoms with Crippen LogP contribution in [0, 0.1) is 0 Å². The molecule has 1 aliphatic carbocycles. The molecule has 1 aliphatic rings. The van der Waals surface area contributed by atoms with Crippen molar-refractivity contribution in [1.82, 2.24) is 19.7 Å². The molecule has 0 saturated heterocycles. The fourth-order valence-electron chi connectivity index (χ4n) is 4.41. The topological polar surface area (TPSA) is 123 Å². The highest BCUT2D eigenvalue weighted by atomic mass is 35.5. The molecule has 4 rings (SSSR count). The number of benzene rings is 1. The molecule has 32 heavy (non-hydrogen) atoms. The van der Waals surface area contributed by atoms with Gasteiger partial charge >= 0.3 is 0 Å². The van der Waals surface area contributed by atoms with E-state index in [1.54, 1.807) is 6.07 Å². The van der Waals surface area contributed by atoms with E-state index in [1.165, 1.54) is 0 Å². The molecule has 2 atom stereocenters. The van der Waals surface area contributed by atoms with E-state index in [-0.39, 0.29) is 24.0 Å². The van der Waals surface area contributed by atoms with E-state index in [9.17, 15) is 0 Å². The Kier molecular flexibility index (Phi) is 6.44. The molecule has 172 valence electrons. The molecule has 0 aliphatic heterocycles. The van der Waals surface area contributed by atoms with Crippen molar-refractivity contribution < 1.29 is 0 Å². The molecular weight excluding hydrogens is 424 g/mol. The van der Waals surface area contributed by atoms with Crippen molar-refractivity contribution in [2.24, 2.45) is 10.7 Å². The minimum atomic E-state index is 0.0555. The maximum absolute atomic E-state index is 6.43. The molecule has 1 saturated carbocycles. The first-order valence-electron chi connectivity index (χ1n) is 11.4. The Morgan fingerprint density at radius 3 is 2.59 bits per heavy atom. The standard InChI is InChI=1S/C23H33ClN8/c1-12(2)19-21-20(31-30-19)22(27-16-10-14(24)9-15(25)11-16)29-23(32(21)13(3)4)28-18-8-6-5-7-17(18)26/h9-13,17-18H,5-8,25-26H2,1-4H3,(H,30,31)(H,27,28,29). The molecule has 9 heteroatoms. The van der Waals surface area contributed by atoms with Gasteiger partial charge in [0, 0.05) is 28.5 Å². The highest BCUT2D eigenvalue weighted by Crippen LogP contribution is 2.30. The van der Waals surface area contributed by atoms with Crippen molar-refractivity contribution in [3.63, 3.8) is 0 Å². The van der Waals surface area contributed by atoms with E-state index >= 15 is 0 Å². The third-order valence-electron chi connectivity index (χ3n) is 6.00. The summed E-state index contributed by atoms with van der Waals surface area (Å²) in [7, 11) is 0. The van der Waals surface area contributed by atoms with Crippen LogP contribution >= 0.6 is 11.6 Å². The number of aromatic nitrogens is 4. The Labute approximate surface area is 193 Å². The second-order valence-corrected chi connectivity index (χ2v) is 9.69. The van der Waals surface area contributed by atoms with Crippen LogP contribution in [0.1, 0.15) is 71.0 Å². The maximum atomic E-state index is 6.43. The zero-order chi connectivity index (χ0) is 23.0. The minimum Gasteiger partial charge on any atom is -0.399 e. The largest absolute Gasteiger partial charge is 0.399 e. The van der Waals surface area contributed by atoms with Gasteiger partial charge in [-0.15, -0.1) is 0 Å². The van der Waals surface area contributed by atoms with Gasteiger partial charge in [0.25, 0.3) is 0 Å². The molecule has 2 heterocycles. The van der Waals surface area contributed by atoms with E-state index < -0.39 is 0 Å². The fourth-order valence-corrected chi connectivity index (χ4v) is 4.65. The van der Waals surface area contributed by atoms with Crippen molar-refractivity contribution >= 4 is 39.8 Å². The Morgan fingerprint density at radius 1 is 1.19 bits per heavy atom. The second-order valence-electron chi connectivity index (χ2n) is 9.26. The molecule has 2 unspecified atom stereocenters. The van der Waals surface area contributed by atoms with Crippen LogP contribution in [0.5, 0.6) is 0 Å². The van der Waals surface area contributed by atoms with Crippen molar-refractivity contribution in [2.45, 2.75) is 77.4 Å². The number of hydrogen-bond acceptors (Lipinski definition) is 6. The van der Waals surface area contributed by atoms with Crippen LogP contribution in [-0.2, 0) is 0 Å². The summed E-state index contributed by atoms with van der Waals surface area (Å²) >= 11 is 6.22. The molecule has 1 fully saturated rings. The maximum Gasteiger partial charge on any atom is 0.227 e. The van der Waals surface area contributed by atoms with E-state index in [0.717, 1.165) is 48.1 Å². The normalized spacial score (nSPS) is 19.9. The van der Waals surface area contributed by atoms with Gasteiger partial charge in [-0.2, -0.15) is 10.1 Å². The summed E-state index contributed by atoms with van der Waals surface area (Å²) in [6, 6.07) is 5.62. The molecule has 0 spiro atoms. The zero-order valence-electron chi connectivity index (χ0n) is 19.2. The van der Waals surface area contributed by atoms with Crippen molar-refractivity contribution in [3.05, 3.63) is 34.5 Å². The first-order chi connectivity index (χ1) is 15.2. The number of nitrogens with one attached hydrogen (secondary N) is 2. The monoisotopic (exact) mass is 456 g/mol. The molecule has 2 aromatic heterocycles. The molecule has 0 bridgehead atoms. The van der Waals surface area contributed by atoms with Crippen molar-refractivity contribution in [1.29, 1.82) is 0 Å². The number of nitrogen functional groups attached to an aromatic ring is 1. The van der Waals surface area contributed by atoms with Gasteiger partial charge in [0.1, 0.15) is 0 Å². The van der Waals surface area contributed by atoms with E-state index in [0.29, 0.717) is 22.1 Å². The highest BCUT2D eigenvalue weighted by molar-refractivity contribution is 6.31. The van der Waals surface area contributed by atoms with Crippen LogP contribution in [0.4, 0.5) is 17.2 Å².